The summed E-state index contributed by atoms with van der Waals surface area (Å²) in [6.45, 7) is 5.60. The predicted molar refractivity (Wildman–Crippen MR) is 117 cm³/mol. The van der Waals surface area contributed by atoms with Gasteiger partial charge < -0.3 is 10.2 Å². The van der Waals surface area contributed by atoms with Crippen LogP contribution in [0.4, 0.5) is 5.69 Å². The maximum absolute atomic E-state index is 12.6. The summed E-state index contributed by atoms with van der Waals surface area (Å²) in [5.74, 6) is 0.555. The number of piperidine rings is 1. The third-order valence-corrected chi connectivity index (χ3v) is 6.13. The molecule has 2 aromatic carbocycles. The number of rotatable bonds is 5. The van der Waals surface area contributed by atoms with Gasteiger partial charge in [-0.05, 0) is 67.1 Å². The lowest BCUT2D eigenvalue weighted by molar-refractivity contribution is -0.121. The second kappa shape index (κ2) is 9.37. The summed E-state index contributed by atoms with van der Waals surface area (Å²) in [6, 6.07) is 15.5. The molecule has 0 aromatic heterocycles. The molecule has 0 saturated carbocycles. The summed E-state index contributed by atoms with van der Waals surface area (Å²) in [6.07, 6.45) is 2.49. The second-order valence-corrected chi connectivity index (χ2v) is 8.41. The van der Waals surface area contributed by atoms with Crippen LogP contribution in [-0.2, 0) is 4.79 Å². The minimum Gasteiger partial charge on any atom is -0.339 e. The number of nitrogens with zero attached hydrogens (tertiary/aromatic N) is 1. The van der Waals surface area contributed by atoms with Gasteiger partial charge in [-0.3, -0.25) is 9.59 Å². The molecule has 1 aliphatic heterocycles. The summed E-state index contributed by atoms with van der Waals surface area (Å²) < 4.78 is 0.955. The number of carbonyl (C=O) groups excluding carboxylic acids is 2. The zero-order valence-electron chi connectivity index (χ0n) is 16.5. The topological polar surface area (TPSA) is 49.4 Å². The number of benzene rings is 2. The van der Waals surface area contributed by atoms with Crippen LogP contribution < -0.4 is 5.32 Å². The molecule has 4 nitrogen and oxygen atoms in total. The first-order valence-corrected chi connectivity index (χ1v) is 10.7. The first kappa shape index (κ1) is 20.6. The van der Waals surface area contributed by atoms with E-state index >= 15 is 0 Å². The molecule has 0 spiro atoms. The Morgan fingerprint density at radius 2 is 1.68 bits per heavy atom. The van der Waals surface area contributed by atoms with Gasteiger partial charge in [-0.1, -0.05) is 41.9 Å². The standard InChI is InChI=1S/C23H27BrN2O2/c1-3-16(2)17-6-10-21(11-7-17)25-22(27)18-12-14-26(15-13-18)23(28)19-4-8-20(24)9-5-19/h4-11,16,18H,3,12-15H2,1-2H3,(H,25,27). The number of halogens is 1. The Hall–Kier alpha value is -2.14. The predicted octanol–water partition coefficient (Wildman–Crippen LogP) is 5.45. The molecule has 1 saturated heterocycles. The Bertz CT molecular complexity index is 810. The summed E-state index contributed by atoms with van der Waals surface area (Å²) in [4.78, 5) is 27.0. The van der Waals surface area contributed by atoms with Gasteiger partial charge in [0.1, 0.15) is 0 Å². The highest BCUT2D eigenvalue weighted by Crippen LogP contribution is 2.23. The molecule has 1 aliphatic rings. The fourth-order valence-electron chi connectivity index (χ4n) is 3.49. The molecule has 0 bridgehead atoms. The van der Waals surface area contributed by atoms with Gasteiger partial charge in [0.2, 0.25) is 5.91 Å². The minimum atomic E-state index is -0.0526. The molecule has 148 valence electrons. The van der Waals surface area contributed by atoms with Gasteiger partial charge in [0, 0.05) is 34.7 Å². The van der Waals surface area contributed by atoms with Crippen molar-refractivity contribution in [3.8, 4) is 0 Å². The Morgan fingerprint density at radius 3 is 2.25 bits per heavy atom. The summed E-state index contributed by atoms with van der Waals surface area (Å²) in [7, 11) is 0. The number of carbonyl (C=O) groups is 2. The normalized spacial score (nSPS) is 15.9. The van der Waals surface area contributed by atoms with Crippen molar-refractivity contribution >= 4 is 33.4 Å². The molecule has 0 radical (unpaired) electrons. The highest BCUT2D eigenvalue weighted by molar-refractivity contribution is 9.10. The van der Waals surface area contributed by atoms with Crippen LogP contribution in [0.25, 0.3) is 0 Å². The van der Waals surface area contributed by atoms with Crippen molar-refractivity contribution in [2.24, 2.45) is 5.92 Å². The number of anilines is 1. The molecular formula is C23H27BrN2O2. The van der Waals surface area contributed by atoms with Gasteiger partial charge in [0.05, 0.1) is 0 Å². The third-order valence-electron chi connectivity index (χ3n) is 5.60. The fraction of sp³-hybridized carbons (Fsp3) is 0.391. The van der Waals surface area contributed by atoms with Gasteiger partial charge in [0.25, 0.3) is 5.91 Å². The number of hydrogen-bond donors (Lipinski definition) is 1. The minimum absolute atomic E-state index is 0.0343. The lowest BCUT2D eigenvalue weighted by atomic mass is 9.95. The van der Waals surface area contributed by atoms with Crippen LogP contribution in [0, 0.1) is 5.92 Å². The van der Waals surface area contributed by atoms with Crippen LogP contribution in [0.1, 0.15) is 54.9 Å². The number of nitrogens with one attached hydrogen (secondary N) is 1. The van der Waals surface area contributed by atoms with E-state index in [2.05, 4.69) is 47.2 Å². The van der Waals surface area contributed by atoms with Gasteiger partial charge in [-0.2, -0.15) is 0 Å². The zero-order valence-corrected chi connectivity index (χ0v) is 18.0. The van der Waals surface area contributed by atoms with E-state index in [4.69, 9.17) is 0 Å². The Kier molecular flexibility index (Phi) is 6.89. The van der Waals surface area contributed by atoms with Crippen molar-refractivity contribution in [2.75, 3.05) is 18.4 Å². The molecule has 0 aliphatic carbocycles. The molecule has 3 rings (SSSR count). The van der Waals surface area contributed by atoms with Crippen LogP contribution in [-0.4, -0.2) is 29.8 Å². The van der Waals surface area contributed by atoms with Crippen molar-refractivity contribution in [1.29, 1.82) is 0 Å². The van der Waals surface area contributed by atoms with E-state index in [0.29, 0.717) is 37.4 Å². The first-order chi connectivity index (χ1) is 13.5. The van der Waals surface area contributed by atoms with Gasteiger partial charge in [-0.25, -0.2) is 0 Å². The SMILES string of the molecule is CCC(C)c1ccc(NC(=O)C2CCN(C(=O)c3ccc(Br)cc3)CC2)cc1. The maximum atomic E-state index is 12.6. The number of likely N-dealkylation sites (tertiary alicyclic amines) is 1. The second-order valence-electron chi connectivity index (χ2n) is 7.49. The highest BCUT2D eigenvalue weighted by Gasteiger charge is 2.27. The van der Waals surface area contributed by atoms with Crippen molar-refractivity contribution in [2.45, 2.75) is 39.0 Å². The lowest BCUT2D eigenvalue weighted by Gasteiger charge is -2.31. The monoisotopic (exact) mass is 442 g/mol. The van der Waals surface area contributed by atoms with Gasteiger partial charge >= 0.3 is 0 Å². The Balaban J connectivity index is 1.52. The molecule has 5 heteroatoms. The molecule has 2 amide bonds. The van der Waals surface area contributed by atoms with E-state index in [1.807, 2.05) is 41.3 Å². The van der Waals surface area contributed by atoms with Crippen LogP contribution in [0.5, 0.6) is 0 Å². The molecule has 2 aromatic rings. The van der Waals surface area contributed by atoms with Gasteiger partial charge in [-0.15, -0.1) is 0 Å². The Labute approximate surface area is 175 Å². The van der Waals surface area contributed by atoms with E-state index < -0.39 is 0 Å². The van der Waals surface area contributed by atoms with E-state index in [-0.39, 0.29) is 17.7 Å². The first-order valence-electron chi connectivity index (χ1n) is 9.93. The molecule has 1 atom stereocenters. The van der Waals surface area contributed by atoms with E-state index in [1.54, 1.807) is 0 Å². The van der Waals surface area contributed by atoms with Crippen LogP contribution in [0.3, 0.4) is 0 Å². The molecular weight excluding hydrogens is 416 g/mol. The van der Waals surface area contributed by atoms with Crippen LogP contribution >= 0.6 is 15.9 Å². The van der Waals surface area contributed by atoms with Crippen molar-refractivity contribution in [3.05, 3.63) is 64.1 Å². The van der Waals surface area contributed by atoms with Gasteiger partial charge in [0.15, 0.2) is 0 Å². The lowest BCUT2D eigenvalue weighted by Crippen LogP contribution is -2.41. The summed E-state index contributed by atoms with van der Waals surface area (Å²) >= 11 is 3.39. The van der Waals surface area contributed by atoms with Crippen molar-refractivity contribution in [1.82, 2.24) is 4.90 Å². The highest BCUT2D eigenvalue weighted by atomic mass is 79.9. The molecule has 1 heterocycles. The summed E-state index contributed by atoms with van der Waals surface area (Å²) in [5, 5.41) is 3.03. The van der Waals surface area contributed by atoms with Crippen molar-refractivity contribution < 1.29 is 9.59 Å². The number of hydrogen-bond acceptors (Lipinski definition) is 2. The average molecular weight is 443 g/mol. The maximum Gasteiger partial charge on any atom is 0.253 e. The third kappa shape index (κ3) is 5.02. The molecule has 1 N–H and O–H groups in total. The van der Waals surface area contributed by atoms with E-state index in [0.717, 1.165) is 16.6 Å². The van der Waals surface area contributed by atoms with E-state index in [1.165, 1.54) is 5.56 Å². The van der Waals surface area contributed by atoms with Crippen LogP contribution in [0.2, 0.25) is 0 Å². The zero-order chi connectivity index (χ0) is 20.1. The average Bonchev–Trinajstić information content (AvgIpc) is 2.74. The van der Waals surface area contributed by atoms with Crippen LogP contribution in [0.15, 0.2) is 53.0 Å². The fourth-order valence-corrected chi connectivity index (χ4v) is 3.76. The van der Waals surface area contributed by atoms with E-state index in [9.17, 15) is 9.59 Å². The Morgan fingerprint density at radius 1 is 1.07 bits per heavy atom. The summed E-state index contributed by atoms with van der Waals surface area (Å²) in [5.41, 5.74) is 2.82. The molecule has 28 heavy (non-hydrogen) atoms. The molecule has 1 unspecified atom stereocenters. The van der Waals surface area contributed by atoms with Crippen molar-refractivity contribution in [3.63, 3.8) is 0 Å². The largest absolute Gasteiger partial charge is 0.339 e. The smallest absolute Gasteiger partial charge is 0.253 e. The molecule has 1 fully saturated rings. The number of amides is 2. The quantitative estimate of drug-likeness (QED) is 0.668.